The second kappa shape index (κ2) is 10.0. The number of benzene rings is 1. The molecule has 2 aromatic heterocycles. The first kappa shape index (κ1) is 22.2. The van der Waals surface area contributed by atoms with Crippen molar-refractivity contribution in [3.05, 3.63) is 47.8 Å². The molecule has 0 saturated carbocycles. The molecule has 1 unspecified atom stereocenters. The number of aliphatic imine (C=N–C) groups is 1. The summed E-state index contributed by atoms with van der Waals surface area (Å²) < 4.78 is 2.03. The molecule has 1 aromatic carbocycles. The van der Waals surface area contributed by atoms with Crippen LogP contribution in [-0.2, 0) is 19.5 Å². The van der Waals surface area contributed by atoms with Crippen LogP contribution in [-0.4, -0.2) is 49.0 Å². The van der Waals surface area contributed by atoms with Crippen LogP contribution >= 0.6 is 24.0 Å². The van der Waals surface area contributed by atoms with E-state index in [2.05, 4.69) is 66.9 Å². The molecule has 1 aliphatic rings. The van der Waals surface area contributed by atoms with E-state index in [0.717, 1.165) is 53.9 Å². The standard InChI is InChI=1S/C20H27N9.HI/c1-13(2)18-26-17-8-7-16(11-29(17)28-18)25-20(21-3)22-10-14-5-4-6-15(9-14)19-23-12-24-27-19;/h4-6,9,12-13,16H,7-8,10-11H2,1-3H3,(H2,21,22,25)(H,23,24,27);1H. The summed E-state index contributed by atoms with van der Waals surface area (Å²) in [5.74, 6) is 3.91. The van der Waals surface area contributed by atoms with Crippen LogP contribution in [0.4, 0.5) is 0 Å². The van der Waals surface area contributed by atoms with Gasteiger partial charge in [0, 0.05) is 37.5 Å². The molecule has 1 atom stereocenters. The Morgan fingerprint density at radius 3 is 2.97 bits per heavy atom. The average Bonchev–Trinajstić information content (AvgIpc) is 3.41. The van der Waals surface area contributed by atoms with Gasteiger partial charge in [0.05, 0.1) is 6.54 Å². The summed E-state index contributed by atoms with van der Waals surface area (Å²) in [5.41, 5.74) is 2.15. The largest absolute Gasteiger partial charge is 0.352 e. The van der Waals surface area contributed by atoms with Gasteiger partial charge in [-0.15, -0.1) is 24.0 Å². The molecule has 1 aliphatic heterocycles. The van der Waals surface area contributed by atoms with Crippen molar-refractivity contribution in [3.63, 3.8) is 0 Å². The van der Waals surface area contributed by atoms with E-state index in [0.29, 0.717) is 12.5 Å². The van der Waals surface area contributed by atoms with Crippen molar-refractivity contribution in [2.24, 2.45) is 4.99 Å². The number of rotatable bonds is 5. The van der Waals surface area contributed by atoms with Crippen LogP contribution in [0, 0.1) is 0 Å². The number of halogens is 1. The number of nitrogens with zero attached hydrogens (tertiary/aromatic N) is 6. The summed E-state index contributed by atoms with van der Waals surface area (Å²) in [7, 11) is 1.79. The molecule has 3 N–H and O–H groups in total. The fraction of sp³-hybridized carbons (Fsp3) is 0.450. The molecule has 160 valence electrons. The topological polar surface area (TPSA) is 109 Å². The lowest BCUT2D eigenvalue weighted by Crippen LogP contribution is -2.46. The van der Waals surface area contributed by atoms with Gasteiger partial charge < -0.3 is 10.6 Å². The predicted molar refractivity (Wildman–Crippen MR) is 127 cm³/mol. The fourth-order valence-electron chi connectivity index (χ4n) is 3.44. The second-order valence-corrected chi connectivity index (χ2v) is 7.56. The minimum Gasteiger partial charge on any atom is -0.352 e. The lowest BCUT2D eigenvalue weighted by Gasteiger charge is -2.25. The van der Waals surface area contributed by atoms with Crippen molar-refractivity contribution in [2.45, 2.75) is 51.7 Å². The zero-order valence-electron chi connectivity index (χ0n) is 17.5. The maximum Gasteiger partial charge on any atom is 0.191 e. The Balaban J connectivity index is 0.00000256. The number of hydrogen-bond donors (Lipinski definition) is 3. The molecular weight excluding hydrogens is 493 g/mol. The first-order chi connectivity index (χ1) is 14.1. The molecule has 0 bridgehead atoms. The van der Waals surface area contributed by atoms with Crippen LogP contribution in [0.25, 0.3) is 11.4 Å². The highest BCUT2D eigenvalue weighted by atomic mass is 127. The average molecular weight is 521 g/mol. The number of H-pyrrole nitrogens is 1. The number of aryl methyl sites for hydroxylation is 1. The molecule has 0 spiro atoms. The summed E-state index contributed by atoms with van der Waals surface area (Å²) in [5, 5.41) is 18.4. The molecule has 4 rings (SSSR count). The lowest BCUT2D eigenvalue weighted by atomic mass is 10.1. The third kappa shape index (κ3) is 5.15. The van der Waals surface area contributed by atoms with E-state index < -0.39 is 0 Å². The van der Waals surface area contributed by atoms with Crippen LogP contribution in [0.3, 0.4) is 0 Å². The quantitative estimate of drug-likeness (QED) is 0.271. The van der Waals surface area contributed by atoms with Crippen molar-refractivity contribution in [1.82, 2.24) is 40.6 Å². The van der Waals surface area contributed by atoms with Gasteiger partial charge in [-0.05, 0) is 18.1 Å². The van der Waals surface area contributed by atoms with E-state index >= 15 is 0 Å². The number of aromatic amines is 1. The molecule has 0 fully saturated rings. The normalized spacial score (nSPS) is 16.1. The van der Waals surface area contributed by atoms with Gasteiger partial charge in [-0.3, -0.25) is 10.1 Å². The van der Waals surface area contributed by atoms with Gasteiger partial charge in [0.15, 0.2) is 17.6 Å². The highest BCUT2D eigenvalue weighted by molar-refractivity contribution is 14.0. The van der Waals surface area contributed by atoms with Crippen molar-refractivity contribution >= 4 is 29.9 Å². The Kier molecular flexibility index (Phi) is 7.40. The zero-order chi connectivity index (χ0) is 20.2. The van der Waals surface area contributed by atoms with Crippen molar-refractivity contribution in [2.75, 3.05) is 7.05 Å². The summed E-state index contributed by atoms with van der Waals surface area (Å²) >= 11 is 0. The Hall–Kier alpha value is -2.50. The maximum atomic E-state index is 4.66. The van der Waals surface area contributed by atoms with Gasteiger partial charge in [-0.25, -0.2) is 14.6 Å². The van der Waals surface area contributed by atoms with E-state index in [9.17, 15) is 0 Å². The number of guanidine groups is 1. The second-order valence-electron chi connectivity index (χ2n) is 7.56. The van der Waals surface area contributed by atoms with E-state index in [4.69, 9.17) is 0 Å². The Bertz CT molecular complexity index is 978. The minimum atomic E-state index is 0. The van der Waals surface area contributed by atoms with Crippen molar-refractivity contribution in [3.8, 4) is 11.4 Å². The molecule has 3 aromatic rings. The van der Waals surface area contributed by atoms with Crippen molar-refractivity contribution in [1.29, 1.82) is 0 Å². The molecule has 0 saturated heterocycles. The van der Waals surface area contributed by atoms with Crippen LogP contribution in [0.5, 0.6) is 0 Å². The summed E-state index contributed by atoms with van der Waals surface area (Å²) in [6.45, 7) is 5.72. The summed E-state index contributed by atoms with van der Waals surface area (Å²) in [6.07, 6.45) is 3.45. The van der Waals surface area contributed by atoms with Gasteiger partial charge >= 0.3 is 0 Å². The number of hydrogen-bond acceptors (Lipinski definition) is 5. The molecule has 10 heteroatoms. The minimum absolute atomic E-state index is 0. The zero-order valence-corrected chi connectivity index (χ0v) is 19.8. The lowest BCUT2D eigenvalue weighted by molar-refractivity contribution is 0.391. The van der Waals surface area contributed by atoms with Gasteiger partial charge in [-0.1, -0.05) is 32.0 Å². The van der Waals surface area contributed by atoms with Gasteiger partial charge in [0.25, 0.3) is 0 Å². The van der Waals surface area contributed by atoms with Crippen LogP contribution in [0.1, 0.15) is 43.4 Å². The Labute approximate surface area is 193 Å². The summed E-state index contributed by atoms with van der Waals surface area (Å²) in [4.78, 5) is 13.2. The third-order valence-electron chi connectivity index (χ3n) is 5.03. The summed E-state index contributed by atoms with van der Waals surface area (Å²) in [6, 6.07) is 8.48. The fourth-order valence-corrected chi connectivity index (χ4v) is 3.44. The SMILES string of the molecule is CN=C(NCc1cccc(-c2ncn[nH]2)c1)NC1CCc2nc(C(C)C)nn2C1.I. The third-order valence-corrected chi connectivity index (χ3v) is 5.03. The van der Waals surface area contributed by atoms with E-state index in [-0.39, 0.29) is 30.0 Å². The molecule has 0 amide bonds. The van der Waals surface area contributed by atoms with E-state index in [1.165, 1.54) is 6.33 Å². The molecule has 0 aliphatic carbocycles. The van der Waals surface area contributed by atoms with Crippen LogP contribution < -0.4 is 10.6 Å². The molecule has 30 heavy (non-hydrogen) atoms. The number of aromatic nitrogens is 6. The number of fused-ring (bicyclic) bond motifs is 1. The maximum absolute atomic E-state index is 4.66. The predicted octanol–water partition coefficient (Wildman–Crippen LogP) is 2.48. The van der Waals surface area contributed by atoms with Crippen LogP contribution in [0.2, 0.25) is 0 Å². The Morgan fingerprint density at radius 2 is 2.23 bits per heavy atom. The number of nitrogens with one attached hydrogen (secondary N) is 3. The molecule has 0 radical (unpaired) electrons. The van der Waals surface area contributed by atoms with Crippen LogP contribution in [0.15, 0.2) is 35.6 Å². The highest BCUT2D eigenvalue weighted by Crippen LogP contribution is 2.17. The molecular formula is C20H28IN9. The monoisotopic (exact) mass is 521 g/mol. The first-order valence-electron chi connectivity index (χ1n) is 9.98. The first-order valence-corrected chi connectivity index (χ1v) is 9.98. The molecule has 9 nitrogen and oxygen atoms in total. The van der Waals surface area contributed by atoms with Gasteiger partial charge in [0.1, 0.15) is 12.2 Å². The van der Waals surface area contributed by atoms with Gasteiger partial charge in [0.2, 0.25) is 0 Å². The van der Waals surface area contributed by atoms with E-state index in [1.54, 1.807) is 7.05 Å². The van der Waals surface area contributed by atoms with E-state index in [1.807, 2.05) is 16.8 Å². The van der Waals surface area contributed by atoms with Crippen molar-refractivity contribution < 1.29 is 0 Å². The molecule has 3 heterocycles. The smallest absolute Gasteiger partial charge is 0.191 e. The highest BCUT2D eigenvalue weighted by Gasteiger charge is 2.23. The Morgan fingerprint density at radius 1 is 1.37 bits per heavy atom. The van der Waals surface area contributed by atoms with Gasteiger partial charge in [-0.2, -0.15) is 10.2 Å².